The summed E-state index contributed by atoms with van der Waals surface area (Å²) in [6.45, 7) is 1.90. The van der Waals surface area contributed by atoms with Crippen LogP contribution in [0.1, 0.15) is 17.2 Å². The molecule has 1 aromatic carbocycles. The van der Waals surface area contributed by atoms with Gasteiger partial charge in [0.05, 0.1) is 6.61 Å². The Hall–Kier alpha value is -0.900. The van der Waals surface area contributed by atoms with Gasteiger partial charge in [0.15, 0.2) is 0 Å². The molecule has 0 bridgehead atoms. The maximum atomic E-state index is 8.85. The molecule has 0 radical (unpaired) electrons. The zero-order chi connectivity index (χ0) is 9.84. The molecule has 2 unspecified atom stereocenters. The van der Waals surface area contributed by atoms with Gasteiger partial charge in [-0.2, -0.15) is 0 Å². The van der Waals surface area contributed by atoms with Crippen LogP contribution in [0.15, 0.2) is 24.3 Å². The lowest BCUT2D eigenvalue weighted by atomic mass is 9.97. The summed E-state index contributed by atoms with van der Waals surface area (Å²) in [6.07, 6.45) is 0. The van der Waals surface area contributed by atoms with Crippen LogP contribution in [0.4, 0.5) is 0 Å². The summed E-state index contributed by atoms with van der Waals surface area (Å²) < 4.78 is 0. The van der Waals surface area contributed by atoms with Crippen LogP contribution in [0.25, 0.3) is 0 Å². The van der Waals surface area contributed by atoms with Crippen molar-refractivity contribution in [2.45, 2.75) is 19.0 Å². The molecule has 1 aromatic rings. The van der Waals surface area contributed by atoms with Gasteiger partial charge in [0.1, 0.15) is 0 Å². The predicted octanol–water partition coefficient (Wildman–Crippen LogP) is 0.314. The predicted molar refractivity (Wildman–Crippen MR) is 53.2 cm³/mol. The second-order valence-corrected chi connectivity index (χ2v) is 3.23. The highest BCUT2D eigenvalue weighted by Crippen LogP contribution is 2.16. The quantitative estimate of drug-likeness (QED) is 0.627. The van der Waals surface area contributed by atoms with E-state index in [1.165, 1.54) is 0 Å². The molecule has 0 fully saturated rings. The van der Waals surface area contributed by atoms with E-state index < -0.39 is 0 Å². The fraction of sp³-hybridized carbons (Fsp3) is 0.400. The second-order valence-electron chi connectivity index (χ2n) is 3.23. The summed E-state index contributed by atoms with van der Waals surface area (Å²) in [6, 6.07) is 7.13. The number of aryl methyl sites for hydroxylation is 1. The molecule has 0 heterocycles. The van der Waals surface area contributed by atoms with Crippen LogP contribution < -0.4 is 11.5 Å². The average molecular weight is 180 g/mol. The van der Waals surface area contributed by atoms with E-state index in [1.807, 2.05) is 31.2 Å². The van der Waals surface area contributed by atoms with Gasteiger partial charge in [-0.25, -0.2) is 0 Å². The van der Waals surface area contributed by atoms with Crippen molar-refractivity contribution in [1.82, 2.24) is 0 Å². The van der Waals surface area contributed by atoms with E-state index in [9.17, 15) is 0 Å². The van der Waals surface area contributed by atoms with Crippen molar-refractivity contribution in [3.63, 3.8) is 0 Å². The topological polar surface area (TPSA) is 72.3 Å². The van der Waals surface area contributed by atoms with Crippen LogP contribution in [-0.4, -0.2) is 17.8 Å². The number of aliphatic hydroxyl groups excluding tert-OH is 1. The summed E-state index contributed by atoms with van der Waals surface area (Å²) in [5.74, 6) is 0. The highest BCUT2D eigenvalue weighted by Gasteiger charge is 2.15. The zero-order valence-electron chi connectivity index (χ0n) is 7.77. The average Bonchev–Trinajstić information content (AvgIpc) is 2.16. The third-order valence-corrected chi connectivity index (χ3v) is 2.22. The number of hydrogen-bond acceptors (Lipinski definition) is 3. The molecule has 0 saturated heterocycles. The van der Waals surface area contributed by atoms with Crippen molar-refractivity contribution < 1.29 is 5.11 Å². The first-order valence-corrected chi connectivity index (χ1v) is 4.34. The van der Waals surface area contributed by atoms with Crippen LogP contribution in [0.3, 0.4) is 0 Å². The Morgan fingerprint density at radius 2 is 1.92 bits per heavy atom. The Labute approximate surface area is 78.4 Å². The number of benzene rings is 1. The molecule has 0 amide bonds. The maximum Gasteiger partial charge on any atom is 0.0601 e. The molecule has 3 nitrogen and oxygen atoms in total. The standard InChI is InChI=1S/C10H16N2O/c1-7-4-2-3-5-8(7)10(12)9(11)6-13/h2-5,9-10,13H,6,11-12H2,1H3. The Kier molecular flexibility index (Phi) is 3.42. The van der Waals surface area contributed by atoms with Gasteiger partial charge in [0.2, 0.25) is 0 Å². The number of nitrogens with two attached hydrogens (primary N) is 2. The van der Waals surface area contributed by atoms with E-state index in [0.717, 1.165) is 11.1 Å². The Bertz CT molecular complexity index is 275. The third-order valence-electron chi connectivity index (χ3n) is 2.22. The van der Waals surface area contributed by atoms with Gasteiger partial charge in [-0.15, -0.1) is 0 Å². The van der Waals surface area contributed by atoms with Gasteiger partial charge < -0.3 is 16.6 Å². The Morgan fingerprint density at radius 3 is 2.46 bits per heavy atom. The molecule has 0 aliphatic heterocycles. The van der Waals surface area contributed by atoms with Crippen LogP contribution in [-0.2, 0) is 0 Å². The Balaban J connectivity index is 2.88. The van der Waals surface area contributed by atoms with Crippen molar-refractivity contribution in [3.05, 3.63) is 35.4 Å². The second kappa shape index (κ2) is 4.37. The molecular formula is C10H16N2O. The summed E-state index contributed by atoms with van der Waals surface area (Å²) in [5.41, 5.74) is 13.6. The van der Waals surface area contributed by atoms with E-state index in [1.54, 1.807) is 0 Å². The molecule has 72 valence electrons. The minimum Gasteiger partial charge on any atom is -0.395 e. The van der Waals surface area contributed by atoms with Gasteiger partial charge in [0, 0.05) is 12.1 Å². The summed E-state index contributed by atoms with van der Waals surface area (Å²) >= 11 is 0. The van der Waals surface area contributed by atoms with Gasteiger partial charge in [-0.1, -0.05) is 24.3 Å². The van der Waals surface area contributed by atoms with Crippen LogP contribution in [0, 0.1) is 6.92 Å². The van der Waals surface area contributed by atoms with Gasteiger partial charge >= 0.3 is 0 Å². The van der Waals surface area contributed by atoms with Crippen LogP contribution in [0.2, 0.25) is 0 Å². The fourth-order valence-electron chi connectivity index (χ4n) is 1.30. The molecule has 5 N–H and O–H groups in total. The molecule has 0 aromatic heterocycles. The smallest absolute Gasteiger partial charge is 0.0601 e. The minimum atomic E-state index is -0.388. The lowest BCUT2D eigenvalue weighted by Crippen LogP contribution is -2.37. The molecule has 1 rings (SSSR count). The summed E-state index contributed by atoms with van der Waals surface area (Å²) in [4.78, 5) is 0. The third kappa shape index (κ3) is 2.28. The Morgan fingerprint density at radius 1 is 1.31 bits per heavy atom. The molecule has 3 heteroatoms. The van der Waals surface area contributed by atoms with Gasteiger partial charge in [-0.05, 0) is 18.1 Å². The maximum absolute atomic E-state index is 8.85. The molecule has 0 saturated carbocycles. The molecule has 0 aliphatic rings. The normalized spacial score (nSPS) is 15.4. The van der Waals surface area contributed by atoms with E-state index in [0.29, 0.717) is 0 Å². The molecule has 0 spiro atoms. The van der Waals surface area contributed by atoms with E-state index in [-0.39, 0.29) is 18.7 Å². The van der Waals surface area contributed by atoms with Crippen molar-refractivity contribution in [2.75, 3.05) is 6.61 Å². The lowest BCUT2D eigenvalue weighted by molar-refractivity contribution is 0.249. The number of hydrogen-bond donors (Lipinski definition) is 3. The summed E-state index contributed by atoms with van der Waals surface area (Å²) in [7, 11) is 0. The first-order chi connectivity index (χ1) is 6.16. The zero-order valence-corrected chi connectivity index (χ0v) is 7.77. The molecular weight excluding hydrogens is 164 g/mol. The van der Waals surface area contributed by atoms with Crippen molar-refractivity contribution in [2.24, 2.45) is 11.5 Å². The van der Waals surface area contributed by atoms with E-state index >= 15 is 0 Å². The van der Waals surface area contributed by atoms with E-state index in [2.05, 4.69) is 0 Å². The van der Waals surface area contributed by atoms with Gasteiger partial charge in [0.25, 0.3) is 0 Å². The highest BCUT2D eigenvalue weighted by molar-refractivity contribution is 5.29. The van der Waals surface area contributed by atoms with Crippen molar-refractivity contribution in [1.29, 1.82) is 0 Å². The molecule has 13 heavy (non-hydrogen) atoms. The van der Waals surface area contributed by atoms with Crippen LogP contribution >= 0.6 is 0 Å². The minimum absolute atomic E-state index is 0.0878. The number of aliphatic hydroxyl groups is 1. The molecule has 0 aliphatic carbocycles. The first-order valence-electron chi connectivity index (χ1n) is 4.34. The van der Waals surface area contributed by atoms with Gasteiger partial charge in [-0.3, -0.25) is 0 Å². The van der Waals surface area contributed by atoms with Crippen LogP contribution in [0.5, 0.6) is 0 Å². The van der Waals surface area contributed by atoms with Crippen molar-refractivity contribution >= 4 is 0 Å². The highest BCUT2D eigenvalue weighted by atomic mass is 16.3. The number of rotatable bonds is 3. The molecule has 2 atom stereocenters. The lowest BCUT2D eigenvalue weighted by Gasteiger charge is -2.19. The first kappa shape index (κ1) is 10.2. The fourth-order valence-corrected chi connectivity index (χ4v) is 1.30. The SMILES string of the molecule is Cc1ccccc1C(N)C(N)CO. The van der Waals surface area contributed by atoms with Crippen molar-refractivity contribution in [3.8, 4) is 0 Å². The largest absolute Gasteiger partial charge is 0.395 e. The monoisotopic (exact) mass is 180 g/mol. The summed E-state index contributed by atoms with van der Waals surface area (Å²) in [5, 5.41) is 8.85. The van der Waals surface area contributed by atoms with E-state index in [4.69, 9.17) is 16.6 Å².